The van der Waals surface area contributed by atoms with Crippen LogP contribution < -0.4 is 0 Å². The molecular formula is C24H46N2+2. The summed E-state index contributed by atoms with van der Waals surface area (Å²) in [6.07, 6.45) is 7.91. The van der Waals surface area contributed by atoms with Crippen LogP contribution in [0, 0.1) is 0 Å². The van der Waals surface area contributed by atoms with Gasteiger partial charge in [0.1, 0.15) is 6.54 Å². The number of quaternary nitrogens is 2. The lowest BCUT2D eigenvalue weighted by Gasteiger charge is -2.39. The average Bonchev–Trinajstić information content (AvgIpc) is 2.61. The van der Waals surface area contributed by atoms with Crippen LogP contribution in [0.15, 0.2) is 30.3 Å². The molecule has 1 aromatic rings. The average molecular weight is 363 g/mol. The minimum atomic E-state index is 1.21. The van der Waals surface area contributed by atoms with E-state index in [0.717, 1.165) is 0 Å². The van der Waals surface area contributed by atoms with Crippen LogP contribution in [-0.2, 0) is 6.54 Å². The Morgan fingerprint density at radius 2 is 1.12 bits per heavy atom. The molecule has 2 heteroatoms. The molecule has 150 valence electrons. The van der Waals surface area contributed by atoms with Gasteiger partial charge in [0, 0.05) is 18.4 Å². The molecule has 0 radical (unpaired) electrons. The summed E-state index contributed by atoms with van der Waals surface area (Å²) in [6, 6.07) is 11.2. The summed E-state index contributed by atoms with van der Waals surface area (Å²) in [5.41, 5.74) is 1.51. The van der Waals surface area contributed by atoms with Crippen molar-refractivity contribution in [2.24, 2.45) is 0 Å². The van der Waals surface area contributed by atoms with E-state index in [0.29, 0.717) is 0 Å². The smallest absolute Gasteiger partial charge is 0.104 e. The Morgan fingerprint density at radius 1 is 0.615 bits per heavy atom. The van der Waals surface area contributed by atoms with Gasteiger partial charge in [0.2, 0.25) is 0 Å². The maximum atomic E-state index is 2.47. The maximum absolute atomic E-state index is 2.47. The Labute approximate surface area is 164 Å². The van der Waals surface area contributed by atoms with E-state index >= 15 is 0 Å². The highest BCUT2D eigenvalue weighted by atomic mass is 15.4. The van der Waals surface area contributed by atoms with Crippen molar-refractivity contribution >= 4 is 0 Å². The molecular weight excluding hydrogens is 316 g/mol. The lowest BCUT2D eigenvalue weighted by Crippen LogP contribution is -2.50. The van der Waals surface area contributed by atoms with Crippen molar-refractivity contribution in [3.8, 4) is 0 Å². The molecule has 0 amide bonds. The molecule has 2 nitrogen and oxygen atoms in total. The van der Waals surface area contributed by atoms with Gasteiger partial charge in [-0.05, 0) is 25.7 Å². The molecule has 0 heterocycles. The Morgan fingerprint density at radius 3 is 1.62 bits per heavy atom. The first-order chi connectivity index (χ1) is 12.5. The first-order valence-corrected chi connectivity index (χ1v) is 11.3. The van der Waals surface area contributed by atoms with Crippen LogP contribution in [0.5, 0.6) is 0 Å². The number of nitrogens with zero attached hydrogens (tertiary/aromatic N) is 2. The van der Waals surface area contributed by atoms with Crippen molar-refractivity contribution in [2.75, 3.05) is 46.3 Å². The van der Waals surface area contributed by atoms with Crippen LogP contribution >= 0.6 is 0 Å². The molecule has 0 aliphatic carbocycles. The standard InChI is InChI=1S/C24H46N2/c1-6-17-25(5,18-7-2)21-13-14-22-26(19-8-3,20-9-4)23-24-15-11-10-12-16-24/h10-12,15-16H,6-9,13-14,17-23H2,1-5H3/q+2. The van der Waals surface area contributed by atoms with E-state index in [1.54, 1.807) is 0 Å². The number of benzene rings is 1. The molecule has 26 heavy (non-hydrogen) atoms. The quantitative estimate of drug-likeness (QED) is 0.270. The highest BCUT2D eigenvalue weighted by molar-refractivity contribution is 5.13. The van der Waals surface area contributed by atoms with E-state index in [2.05, 4.69) is 65.1 Å². The molecule has 0 aromatic heterocycles. The summed E-state index contributed by atoms with van der Waals surface area (Å²) in [5.74, 6) is 0. The summed E-state index contributed by atoms with van der Waals surface area (Å²) < 4.78 is 2.55. The Hall–Kier alpha value is -0.860. The van der Waals surface area contributed by atoms with Gasteiger partial charge in [-0.3, -0.25) is 0 Å². The third-order valence-electron chi connectivity index (χ3n) is 5.86. The molecule has 0 fully saturated rings. The zero-order valence-corrected chi connectivity index (χ0v) is 18.5. The summed E-state index contributed by atoms with van der Waals surface area (Å²) >= 11 is 0. The summed E-state index contributed by atoms with van der Waals surface area (Å²) in [5, 5.41) is 0. The fraction of sp³-hybridized carbons (Fsp3) is 0.750. The molecule has 0 aliphatic rings. The summed E-state index contributed by atoms with van der Waals surface area (Å²) in [6.45, 7) is 18.6. The Kier molecular flexibility index (Phi) is 11.2. The van der Waals surface area contributed by atoms with Crippen molar-refractivity contribution in [1.29, 1.82) is 0 Å². The van der Waals surface area contributed by atoms with E-state index in [4.69, 9.17) is 0 Å². The number of hydrogen-bond acceptors (Lipinski definition) is 0. The van der Waals surface area contributed by atoms with Gasteiger partial charge in [0.25, 0.3) is 0 Å². The molecule has 0 saturated carbocycles. The van der Waals surface area contributed by atoms with Gasteiger partial charge in [-0.15, -0.1) is 0 Å². The maximum Gasteiger partial charge on any atom is 0.104 e. The van der Waals surface area contributed by atoms with Crippen LogP contribution in [0.1, 0.15) is 71.8 Å². The Bertz CT molecular complexity index is 443. The van der Waals surface area contributed by atoms with E-state index < -0.39 is 0 Å². The molecule has 0 atom stereocenters. The van der Waals surface area contributed by atoms with Gasteiger partial charge < -0.3 is 8.97 Å². The second-order valence-electron chi connectivity index (χ2n) is 8.65. The molecule has 0 N–H and O–H groups in total. The van der Waals surface area contributed by atoms with E-state index in [9.17, 15) is 0 Å². The summed E-state index contributed by atoms with van der Waals surface area (Å²) in [4.78, 5) is 0. The van der Waals surface area contributed by atoms with Gasteiger partial charge >= 0.3 is 0 Å². The van der Waals surface area contributed by atoms with Crippen LogP contribution in [0.3, 0.4) is 0 Å². The zero-order valence-electron chi connectivity index (χ0n) is 18.5. The molecule has 0 spiro atoms. The van der Waals surface area contributed by atoms with Crippen molar-refractivity contribution < 1.29 is 8.97 Å². The van der Waals surface area contributed by atoms with Gasteiger partial charge in [-0.2, -0.15) is 0 Å². The first kappa shape index (κ1) is 23.2. The van der Waals surface area contributed by atoms with Crippen molar-refractivity contribution in [3.63, 3.8) is 0 Å². The van der Waals surface area contributed by atoms with Crippen molar-refractivity contribution in [1.82, 2.24) is 0 Å². The lowest BCUT2D eigenvalue weighted by molar-refractivity contribution is -0.942. The van der Waals surface area contributed by atoms with E-state index in [1.165, 1.54) is 98.9 Å². The van der Waals surface area contributed by atoms with Crippen molar-refractivity contribution in [3.05, 3.63) is 35.9 Å². The molecule has 1 rings (SSSR count). The van der Waals surface area contributed by atoms with Gasteiger partial charge in [0.05, 0.1) is 46.3 Å². The van der Waals surface area contributed by atoms with Gasteiger partial charge in [-0.25, -0.2) is 0 Å². The largest absolute Gasteiger partial charge is 0.326 e. The summed E-state index contributed by atoms with van der Waals surface area (Å²) in [7, 11) is 2.47. The predicted octanol–water partition coefficient (Wildman–Crippen LogP) is 5.87. The Balaban J connectivity index is 2.67. The number of rotatable bonds is 15. The number of unbranched alkanes of at least 4 members (excludes halogenated alkanes) is 1. The second-order valence-corrected chi connectivity index (χ2v) is 8.65. The number of hydrogen-bond donors (Lipinski definition) is 0. The first-order valence-electron chi connectivity index (χ1n) is 11.3. The van der Waals surface area contributed by atoms with Crippen molar-refractivity contribution in [2.45, 2.75) is 72.8 Å². The van der Waals surface area contributed by atoms with Crippen LogP contribution in [0.2, 0.25) is 0 Å². The molecule has 1 aromatic carbocycles. The van der Waals surface area contributed by atoms with Crippen LogP contribution in [-0.4, -0.2) is 55.3 Å². The fourth-order valence-corrected chi connectivity index (χ4v) is 4.85. The molecule has 0 aliphatic heterocycles. The monoisotopic (exact) mass is 362 g/mol. The minimum absolute atomic E-state index is 1.21. The van der Waals surface area contributed by atoms with E-state index in [1.807, 2.05) is 0 Å². The normalized spacial score (nSPS) is 12.5. The third kappa shape index (κ3) is 8.22. The van der Waals surface area contributed by atoms with Gasteiger partial charge in [0.15, 0.2) is 0 Å². The topological polar surface area (TPSA) is 0 Å². The molecule has 0 bridgehead atoms. The van der Waals surface area contributed by atoms with Crippen LogP contribution in [0.4, 0.5) is 0 Å². The third-order valence-corrected chi connectivity index (χ3v) is 5.86. The van der Waals surface area contributed by atoms with Crippen LogP contribution in [0.25, 0.3) is 0 Å². The highest BCUT2D eigenvalue weighted by Gasteiger charge is 2.26. The highest BCUT2D eigenvalue weighted by Crippen LogP contribution is 2.19. The van der Waals surface area contributed by atoms with E-state index in [-0.39, 0.29) is 0 Å². The predicted molar refractivity (Wildman–Crippen MR) is 116 cm³/mol. The SMILES string of the molecule is CCC[N+](C)(CCC)CCCC[N+](CCC)(CCC)Cc1ccccc1. The fourth-order valence-electron chi connectivity index (χ4n) is 4.85. The minimum Gasteiger partial charge on any atom is -0.326 e. The zero-order chi connectivity index (χ0) is 19.3. The second kappa shape index (κ2) is 12.5. The lowest BCUT2D eigenvalue weighted by atomic mass is 10.1. The van der Waals surface area contributed by atoms with Gasteiger partial charge in [-0.1, -0.05) is 58.0 Å². The molecule has 0 saturated heterocycles. The molecule has 0 unspecified atom stereocenters.